The minimum absolute atomic E-state index is 0.0954. The van der Waals surface area contributed by atoms with E-state index in [2.05, 4.69) is 5.32 Å². The first-order valence-corrected chi connectivity index (χ1v) is 8.58. The highest BCUT2D eigenvalue weighted by Gasteiger charge is 2.16. The minimum atomic E-state index is -0.163. The van der Waals surface area contributed by atoms with Gasteiger partial charge in [0.1, 0.15) is 0 Å². The molecule has 2 aromatic rings. The molecule has 0 bridgehead atoms. The third-order valence-corrected chi connectivity index (χ3v) is 4.24. The second-order valence-electron chi connectivity index (χ2n) is 5.93. The Hall–Kier alpha value is -2.73. The van der Waals surface area contributed by atoms with Crippen molar-refractivity contribution in [2.75, 3.05) is 18.7 Å². The molecular formula is C19H19ClN2O4. The lowest BCUT2D eigenvalue weighted by molar-refractivity contribution is -0.129. The van der Waals surface area contributed by atoms with Crippen molar-refractivity contribution in [2.45, 2.75) is 19.9 Å². The molecule has 0 fully saturated rings. The molecule has 0 spiro atoms. The summed E-state index contributed by atoms with van der Waals surface area (Å²) in [5.41, 5.74) is 1.59. The van der Waals surface area contributed by atoms with Gasteiger partial charge in [-0.1, -0.05) is 17.7 Å². The summed E-state index contributed by atoms with van der Waals surface area (Å²) in [4.78, 5) is 25.6. The first kappa shape index (κ1) is 18.1. The van der Waals surface area contributed by atoms with Gasteiger partial charge in [0, 0.05) is 37.1 Å². The van der Waals surface area contributed by atoms with Gasteiger partial charge in [-0.3, -0.25) is 9.59 Å². The number of hydrogen-bond acceptors (Lipinski definition) is 4. The molecular weight excluding hydrogens is 356 g/mol. The second-order valence-corrected chi connectivity index (χ2v) is 6.37. The topological polar surface area (TPSA) is 67.9 Å². The Kier molecular flexibility index (Phi) is 5.63. The van der Waals surface area contributed by atoms with E-state index >= 15 is 0 Å². The van der Waals surface area contributed by atoms with Gasteiger partial charge in [-0.15, -0.1) is 0 Å². The van der Waals surface area contributed by atoms with Crippen LogP contribution in [0, 0.1) is 0 Å². The Bertz CT molecular complexity index is 808. The van der Waals surface area contributed by atoms with E-state index in [0.29, 0.717) is 35.3 Å². The molecule has 6 nitrogen and oxygen atoms in total. The highest BCUT2D eigenvalue weighted by Crippen LogP contribution is 2.32. The molecule has 1 heterocycles. The second kappa shape index (κ2) is 8.10. The number of nitrogens with zero attached hydrogens (tertiary/aromatic N) is 1. The van der Waals surface area contributed by atoms with Gasteiger partial charge in [0.2, 0.25) is 18.6 Å². The summed E-state index contributed by atoms with van der Waals surface area (Å²) < 4.78 is 10.6. The van der Waals surface area contributed by atoms with Crippen LogP contribution in [0.5, 0.6) is 11.5 Å². The zero-order chi connectivity index (χ0) is 18.5. The molecule has 0 saturated carbocycles. The van der Waals surface area contributed by atoms with Gasteiger partial charge in [0.05, 0.1) is 0 Å². The van der Waals surface area contributed by atoms with E-state index in [1.165, 1.54) is 6.92 Å². The molecule has 1 aliphatic rings. The lowest BCUT2D eigenvalue weighted by Crippen LogP contribution is -2.31. The summed E-state index contributed by atoms with van der Waals surface area (Å²) >= 11 is 5.82. The maximum Gasteiger partial charge on any atom is 0.231 e. The van der Waals surface area contributed by atoms with Gasteiger partial charge in [0.15, 0.2) is 11.5 Å². The minimum Gasteiger partial charge on any atom is -0.454 e. The summed E-state index contributed by atoms with van der Waals surface area (Å²) in [6.45, 7) is 2.42. The number of halogens is 1. The van der Waals surface area contributed by atoms with Crippen molar-refractivity contribution in [1.82, 2.24) is 4.90 Å². The first-order chi connectivity index (χ1) is 12.5. The van der Waals surface area contributed by atoms with Crippen LogP contribution < -0.4 is 14.8 Å². The molecule has 0 unspecified atom stereocenters. The Morgan fingerprint density at radius 2 is 1.85 bits per heavy atom. The molecule has 136 valence electrons. The van der Waals surface area contributed by atoms with E-state index in [-0.39, 0.29) is 25.0 Å². The molecule has 7 heteroatoms. The summed E-state index contributed by atoms with van der Waals surface area (Å²) in [5, 5.41) is 3.40. The van der Waals surface area contributed by atoms with Crippen LogP contribution in [0.25, 0.3) is 0 Å². The number of carbonyl (C=O) groups excluding carboxylic acids is 2. The number of nitrogens with one attached hydrogen (secondary N) is 1. The molecule has 0 saturated heterocycles. The van der Waals surface area contributed by atoms with E-state index in [1.54, 1.807) is 29.2 Å². The normalized spacial score (nSPS) is 11.9. The van der Waals surface area contributed by atoms with Crippen molar-refractivity contribution < 1.29 is 19.1 Å². The standard InChI is InChI=1S/C19H19ClN2O4/c1-13(23)22(11-14-2-7-17-18(10-14)26-12-25-17)9-8-19(24)21-16-5-3-15(20)4-6-16/h2-7,10H,8-9,11-12H2,1H3,(H,21,24). The van der Waals surface area contributed by atoms with Crippen LogP contribution in [0.4, 0.5) is 5.69 Å². The van der Waals surface area contributed by atoms with Gasteiger partial charge < -0.3 is 19.7 Å². The van der Waals surface area contributed by atoms with Gasteiger partial charge in [-0.2, -0.15) is 0 Å². The molecule has 0 aliphatic carbocycles. The van der Waals surface area contributed by atoms with Crippen molar-refractivity contribution in [1.29, 1.82) is 0 Å². The van der Waals surface area contributed by atoms with Crippen LogP contribution >= 0.6 is 11.6 Å². The number of fused-ring (bicyclic) bond motifs is 1. The van der Waals surface area contributed by atoms with Crippen LogP contribution in [0.2, 0.25) is 5.02 Å². The monoisotopic (exact) mass is 374 g/mol. The fraction of sp³-hybridized carbons (Fsp3) is 0.263. The number of ether oxygens (including phenoxy) is 2. The third kappa shape index (κ3) is 4.67. The number of amides is 2. The van der Waals surface area contributed by atoms with Crippen LogP contribution in [-0.4, -0.2) is 30.1 Å². The van der Waals surface area contributed by atoms with Crippen molar-refractivity contribution in [2.24, 2.45) is 0 Å². The summed E-state index contributed by atoms with van der Waals surface area (Å²) in [6, 6.07) is 12.4. The predicted molar refractivity (Wildman–Crippen MR) is 98.4 cm³/mol. The van der Waals surface area contributed by atoms with Crippen LogP contribution in [0.15, 0.2) is 42.5 Å². The quantitative estimate of drug-likeness (QED) is 0.841. The van der Waals surface area contributed by atoms with E-state index in [1.807, 2.05) is 18.2 Å². The molecule has 3 rings (SSSR count). The fourth-order valence-electron chi connectivity index (χ4n) is 2.60. The molecule has 1 N–H and O–H groups in total. The fourth-order valence-corrected chi connectivity index (χ4v) is 2.73. The smallest absolute Gasteiger partial charge is 0.231 e. The van der Waals surface area contributed by atoms with Gasteiger partial charge in [-0.05, 0) is 42.0 Å². The summed E-state index contributed by atoms with van der Waals surface area (Å²) in [6.07, 6.45) is 0.201. The molecule has 0 atom stereocenters. The van der Waals surface area contributed by atoms with Crippen molar-refractivity contribution >= 4 is 29.1 Å². The number of benzene rings is 2. The molecule has 0 radical (unpaired) electrons. The lowest BCUT2D eigenvalue weighted by atomic mass is 10.2. The highest BCUT2D eigenvalue weighted by molar-refractivity contribution is 6.30. The van der Waals surface area contributed by atoms with Crippen molar-refractivity contribution in [3.8, 4) is 11.5 Å². The average molecular weight is 375 g/mol. The van der Waals surface area contributed by atoms with Crippen molar-refractivity contribution in [3.05, 3.63) is 53.1 Å². The summed E-state index contributed by atoms with van der Waals surface area (Å²) in [5.74, 6) is 1.11. The number of hydrogen-bond donors (Lipinski definition) is 1. The maximum absolute atomic E-state index is 12.1. The van der Waals surface area contributed by atoms with E-state index < -0.39 is 0 Å². The zero-order valence-electron chi connectivity index (χ0n) is 14.3. The zero-order valence-corrected chi connectivity index (χ0v) is 15.1. The number of anilines is 1. The van der Waals surface area contributed by atoms with Crippen molar-refractivity contribution in [3.63, 3.8) is 0 Å². The van der Waals surface area contributed by atoms with Crippen LogP contribution in [0.3, 0.4) is 0 Å². The van der Waals surface area contributed by atoms with E-state index in [0.717, 1.165) is 5.56 Å². The molecule has 2 aromatic carbocycles. The molecule has 0 aromatic heterocycles. The largest absolute Gasteiger partial charge is 0.454 e. The molecule has 26 heavy (non-hydrogen) atoms. The first-order valence-electron chi connectivity index (χ1n) is 8.21. The van der Waals surface area contributed by atoms with Crippen LogP contribution in [0.1, 0.15) is 18.9 Å². The van der Waals surface area contributed by atoms with Gasteiger partial charge in [0.25, 0.3) is 0 Å². The Morgan fingerprint density at radius 3 is 2.58 bits per heavy atom. The van der Waals surface area contributed by atoms with Gasteiger partial charge >= 0.3 is 0 Å². The Morgan fingerprint density at radius 1 is 1.12 bits per heavy atom. The third-order valence-electron chi connectivity index (χ3n) is 3.99. The Labute approximate surface area is 156 Å². The van der Waals surface area contributed by atoms with E-state index in [9.17, 15) is 9.59 Å². The lowest BCUT2D eigenvalue weighted by Gasteiger charge is -2.21. The predicted octanol–water partition coefficient (Wildman–Crippen LogP) is 3.45. The number of rotatable bonds is 6. The molecule has 2 amide bonds. The maximum atomic E-state index is 12.1. The molecule has 1 aliphatic heterocycles. The summed E-state index contributed by atoms with van der Waals surface area (Å²) in [7, 11) is 0. The highest BCUT2D eigenvalue weighted by atomic mass is 35.5. The SMILES string of the molecule is CC(=O)N(CCC(=O)Nc1ccc(Cl)cc1)Cc1ccc2c(c1)OCO2. The van der Waals surface area contributed by atoms with E-state index in [4.69, 9.17) is 21.1 Å². The Balaban J connectivity index is 1.55. The van der Waals surface area contributed by atoms with Gasteiger partial charge in [-0.25, -0.2) is 0 Å². The number of carbonyl (C=O) groups is 2. The van der Waals surface area contributed by atoms with Crippen LogP contribution in [-0.2, 0) is 16.1 Å². The average Bonchev–Trinajstić information content (AvgIpc) is 3.08.